The van der Waals surface area contributed by atoms with Crippen LogP contribution in [0.2, 0.25) is 0 Å². The van der Waals surface area contributed by atoms with Gasteiger partial charge in [-0.15, -0.1) is 0 Å². The van der Waals surface area contributed by atoms with Crippen molar-refractivity contribution in [3.8, 4) is 0 Å². The molecule has 1 saturated heterocycles. The Labute approximate surface area is 108 Å². The van der Waals surface area contributed by atoms with Crippen molar-refractivity contribution in [3.05, 3.63) is 34.7 Å². The van der Waals surface area contributed by atoms with E-state index in [-0.39, 0.29) is 0 Å². The Balaban J connectivity index is 2.09. The van der Waals surface area contributed by atoms with E-state index in [1.54, 1.807) is 6.33 Å². The number of benzene rings is 1. The molecule has 0 N–H and O–H groups in total. The molecule has 1 aliphatic heterocycles. The first-order valence-corrected chi connectivity index (χ1v) is 6.62. The minimum Gasteiger partial charge on any atom is -0.381 e. The Kier molecular flexibility index (Phi) is 3.07. The molecule has 1 aromatic carbocycles. The molecule has 0 amide bonds. The molecule has 0 saturated carbocycles. The molecule has 0 aliphatic carbocycles. The van der Waals surface area contributed by atoms with Crippen molar-refractivity contribution >= 4 is 26.8 Å². The van der Waals surface area contributed by atoms with Crippen molar-refractivity contribution in [2.24, 2.45) is 0 Å². The maximum Gasteiger partial charge on any atom is 0.116 e. The first-order valence-electron chi connectivity index (χ1n) is 5.82. The Morgan fingerprint density at radius 1 is 1.29 bits per heavy atom. The summed E-state index contributed by atoms with van der Waals surface area (Å²) in [4.78, 5) is 8.77. The summed E-state index contributed by atoms with van der Waals surface area (Å²) in [6.07, 6.45) is 3.92. The largest absolute Gasteiger partial charge is 0.381 e. The number of rotatable bonds is 1. The van der Waals surface area contributed by atoms with E-state index in [1.807, 2.05) is 12.1 Å². The van der Waals surface area contributed by atoms with Gasteiger partial charge in [0.2, 0.25) is 0 Å². The summed E-state index contributed by atoms with van der Waals surface area (Å²) in [6, 6.07) is 6.16. The zero-order valence-corrected chi connectivity index (χ0v) is 11.0. The number of ether oxygens (including phenoxy) is 1. The van der Waals surface area contributed by atoms with Crippen molar-refractivity contribution in [2.75, 3.05) is 13.2 Å². The van der Waals surface area contributed by atoms with Gasteiger partial charge in [-0.05, 0) is 31.0 Å². The topological polar surface area (TPSA) is 35.0 Å². The van der Waals surface area contributed by atoms with Crippen LogP contribution in [0.5, 0.6) is 0 Å². The van der Waals surface area contributed by atoms with Gasteiger partial charge in [-0.1, -0.05) is 15.9 Å². The van der Waals surface area contributed by atoms with Crippen molar-refractivity contribution in [3.63, 3.8) is 0 Å². The highest BCUT2D eigenvalue weighted by Crippen LogP contribution is 2.29. The monoisotopic (exact) mass is 292 g/mol. The summed E-state index contributed by atoms with van der Waals surface area (Å²) in [7, 11) is 0. The van der Waals surface area contributed by atoms with E-state index < -0.39 is 0 Å². The van der Waals surface area contributed by atoms with E-state index in [0.29, 0.717) is 5.92 Å². The first-order chi connectivity index (χ1) is 8.34. The van der Waals surface area contributed by atoms with E-state index >= 15 is 0 Å². The molecule has 2 aromatic rings. The number of hydrogen-bond donors (Lipinski definition) is 0. The second kappa shape index (κ2) is 4.70. The lowest BCUT2D eigenvalue weighted by Crippen LogP contribution is -2.17. The van der Waals surface area contributed by atoms with Crippen molar-refractivity contribution in [1.82, 2.24) is 9.97 Å². The lowest BCUT2D eigenvalue weighted by Gasteiger charge is -2.22. The Hall–Kier alpha value is -1.00. The van der Waals surface area contributed by atoms with Crippen LogP contribution in [0.25, 0.3) is 10.9 Å². The molecule has 0 spiro atoms. The molecule has 17 heavy (non-hydrogen) atoms. The first kappa shape index (κ1) is 11.1. The SMILES string of the molecule is Brc1ccc2c(C3CCCOC3)ncnc2c1. The highest BCUT2D eigenvalue weighted by Gasteiger charge is 2.19. The predicted octanol–water partition coefficient (Wildman–Crippen LogP) is 3.29. The predicted molar refractivity (Wildman–Crippen MR) is 70.0 cm³/mol. The second-order valence-electron chi connectivity index (χ2n) is 4.33. The fourth-order valence-electron chi connectivity index (χ4n) is 2.33. The summed E-state index contributed by atoms with van der Waals surface area (Å²) in [5, 5.41) is 1.14. The van der Waals surface area contributed by atoms with Gasteiger partial charge >= 0.3 is 0 Å². The molecule has 1 aliphatic rings. The number of nitrogens with zero attached hydrogens (tertiary/aromatic N) is 2. The average molecular weight is 293 g/mol. The zero-order valence-electron chi connectivity index (χ0n) is 9.40. The molecule has 3 rings (SSSR count). The fraction of sp³-hybridized carbons (Fsp3) is 0.385. The lowest BCUT2D eigenvalue weighted by molar-refractivity contribution is 0.0797. The molecule has 3 nitrogen and oxygen atoms in total. The third-order valence-corrected chi connectivity index (χ3v) is 3.67. The van der Waals surface area contributed by atoms with Gasteiger partial charge in [-0.3, -0.25) is 0 Å². The second-order valence-corrected chi connectivity index (χ2v) is 5.25. The third-order valence-electron chi connectivity index (χ3n) is 3.18. The number of fused-ring (bicyclic) bond motifs is 1. The quantitative estimate of drug-likeness (QED) is 0.809. The minimum absolute atomic E-state index is 0.412. The summed E-state index contributed by atoms with van der Waals surface area (Å²) >= 11 is 3.47. The molecule has 4 heteroatoms. The van der Waals surface area contributed by atoms with Gasteiger partial charge in [0.25, 0.3) is 0 Å². The molecule has 1 unspecified atom stereocenters. The smallest absolute Gasteiger partial charge is 0.116 e. The highest BCUT2D eigenvalue weighted by atomic mass is 79.9. The molecule has 88 valence electrons. The van der Waals surface area contributed by atoms with Crippen LogP contribution in [0, 0.1) is 0 Å². The number of halogens is 1. The van der Waals surface area contributed by atoms with Crippen LogP contribution in [-0.2, 0) is 4.74 Å². The zero-order chi connectivity index (χ0) is 11.7. The van der Waals surface area contributed by atoms with Crippen LogP contribution in [0.3, 0.4) is 0 Å². The molecular weight excluding hydrogens is 280 g/mol. The van der Waals surface area contributed by atoms with Gasteiger partial charge in [0.15, 0.2) is 0 Å². The number of aromatic nitrogens is 2. The van der Waals surface area contributed by atoms with Gasteiger partial charge < -0.3 is 4.74 Å². The van der Waals surface area contributed by atoms with E-state index in [9.17, 15) is 0 Å². The van der Waals surface area contributed by atoms with E-state index in [0.717, 1.165) is 47.1 Å². The summed E-state index contributed by atoms with van der Waals surface area (Å²) in [6.45, 7) is 1.66. The Morgan fingerprint density at radius 3 is 3.06 bits per heavy atom. The Bertz CT molecular complexity index is 538. The molecule has 1 aromatic heterocycles. The van der Waals surface area contributed by atoms with Crippen molar-refractivity contribution in [2.45, 2.75) is 18.8 Å². The van der Waals surface area contributed by atoms with Crippen LogP contribution in [-0.4, -0.2) is 23.2 Å². The minimum atomic E-state index is 0.412. The van der Waals surface area contributed by atoms with Gasteiger partial charge in [-0.2, -0.15) is 0 Å². The highest BCUT2D eigenvalue weighted by molar-refractivity contribution is 9.10. The van der Waals surface area contributed by atoms with Crippen LogP contribution in [0.1, 0.15) is 24.5 Å². The average Bonchev–Trinajstić information content (AvgIpc) is 2.39. The molecule has 0 radical (unpaired) electrons. The molecule has 2 heterocycles. The molecule has 1 atom stereocenters. The van der Waals surface area contributed by atoms with Gasteiger partial charge in [0.1, 0.15) is 6.33 Å². The maximum absolute atomic E-state index is 5.54. The fourth-order valence-corrected chi connectivity index (χ4v) is 2.68. The summed E-state index contributed by atoms with van der Waals surface area (Å²) in [5.41, 5.74) is 2.12. The molecule has 0 bridgehead atoms. The third kappa shape index (κ3) is 2.19. The standard InChI is InChI=1S/C13H13BrN2O/c14-10-3-4-11-12(6-10)15-8-16-13(11)9-2-1-5-17-7-9/h3-4,6,8-9H,1-2,5,7H2. The van der Waals surface area contributed by atoms with E-state index in [2.05, 4.69) is 32.0 Å². The van der Waals surface area contributed by atoms with Crippen molar-refractivity contribution < 1.29 is 4.74 Å². The summed E-state index contributed by atoms with van der Waals surface area (Å²) in [5.74, 6) is 0.412. The molecule has 1 fully saturated rings. The van der Waals surface area contributed by atoms with Gasteiger partial charge in [0.05, 0.1) is 17.8 Å². The van der Waals surface area contributed by atoms with Crippen LogP contribution in [0.4, 0.5) is 0 Å². The molecular formula is C13H13BrN2O. The van der Waals surface area contributed by atoms with E-state index in [4.69, 9.17) is 4.74 Å². The van der Waals surface area contributed by atoms with Gasteiger partial charge in [0, 0.05) is 22.4 Å². The van der Waals surface area contributed by atoms with E-state index in [1.165, 1.54) is 0 Å². The van der Waals surface area contributed by atoms with Crippen LogP contribution >= 0.6 is 15.9 Å². The number of hydrogen-bond acceptors (Lipinski definition) is 3. The van der Waals surface area contributed by atoms with Gasteiger partial charge in [-0.25, -0.2) is 9.97 Å². The lowest BCUT2D eigenvalue weighted by atomic mass is 9.95. The van der Waals surface area contributed by atoms with Crippen LogP contribution in [0.15, 0.2) is 29.0 Å². The normalized spacial score (nSPS) is 20.6. The Morgan fingerprint density at radius 2 is 2.24 bits per heavy atom. The summed E-state index contributed by atoms with van der Waals surface area (Å²) < 4.78 is 6.59. The maximum atomic E-state index is 5.54. The van der Waals surface area contributed by atoms with Crippen molar-refractivity contribution in [1.29, 1.82) is 0 Å². The van der Waals surface area contributed by atoms with Crippen LogP contribution < -0.4 is 0 Å².